The zero-order chi connectivity index (χ0) is 6.57. The number of hydrogen-bond donors (Lipinski definition) is 3. The third-order valence-corrected chi connectivity index (χ3v) is 1.02. The lowest BCUT2D eigenvalue weighted by Gasteiger charge is -2.00. The maximum Gasteiger partial charge on any atom is 0.320 e. The van der Waals surface area contributed by atoms with Crippen LogP contribution >= 0.6 is 12.6 Å². The molecule has 0 aliphatic carbocycles. The van der Waals surface area contributed by atoms with Gasteiger partial charge in [0.1, 0.15) is 6.04 Å². The molecule has 0 rings (SSSR count). The van der Waals surface area contributed by atoms with Crippen molar-refractivity contribution < 1.29 is 9.90 Å². The highest BCUT2D eigenvalue weighted by Crippen LogP contribution is 1.88. The smallest absolute Gasteiger partial charge is 0.320 e. The fourth-order valence-corrected chi connectivity index (χ4v) is 0.541. The molecule has 0 aromatic heterocycles. The number of nitrogens with two attached hydrogens (primary N) is 1. The maximum absolute atomic E-state index is 9.93. The SMILES string of the molecule is N[C@H](CC[35SH])C(=O)O. The molecule has 4 heteroatoms. The first kappa shape index (κ1) is 7.78. The van der Waals surface area contributed by atoms with Gasteiger partial charge in [0.05, 0.1) is 0 Å². The van der Waals surface area contributed by atoms with Gasteiger partial charge in [-0.3, -0.25) is 4.79 Å². The van der Waals surface area contributed by atoms with Crippen LogP contribution in [0.1, 0.15) is 6.42 Å². The molecule has 0 radical (unpaired) electrons. The molecule has 0 bridgehead atoms. The molecule has 0 fully saturated rings. The van der Waals surface area contributed by atoms with Gasteiger partial charge in [0, 0.05) is 0 Å². The lowest BCUT2D eigenvalue weighted by atomic mass is 10.2. The minimum Gasteiger partial charge on any atom is -0.480 e. The largest absolute Gasteiger partial charge is 0.480 e. The molecule has 0 heterocycles. The summed E-state index contributed by atoms with van der Waals surface area (Å²) in [7, 11) is 0. The van der Waals surface area contributed by atoms with Crippen LogP contribution in [0.2, 0.25) is 0 Å². The van der Waals surface area contributed by atoms with Gasteiger partial charge in [-0.25, -0.2) is 0 Å². The summed E-state index contributed by atoms with van der Waals surface area (Å²) in [6.07, 6.45) is 0.429. The highest BCUT2D eigenvalue weighted by molar-refractivity contribution is 7.80. The van der Waals surface area contributed by atoms with Crippen molar-refractivity contribution in [2.75, 3.05) is 5.75 Å². The summed E-state index contributed by atoms with van der Waals surface area (Å²) < 4.78 is 0. The normalized spacial score (nSPS) is 13.2. The van der Waals surface area contributed by atoms with E-state index in [1.54, 1.807) is 0 Å². The second-order valence-corrected chi connectivity index (χ2v) is 1.90. The highest BCUT2D eigenvalue weighted by atomic mass is 35.0. The zero-order valence-electron chi connectivity index (χ0n) is 4.37. The van der Waals surface area contributed by atoms with E-state index in [0.29, 0.717) is 12.2 Å². The third-order valence-electron chi connectivity index (χ3n) is 0.757. The number of rotatable bonds is 3. The second kappa shape index (κ2) is 3.74. The van der Waals surface area contributed by atoms with E-state index in [9.17, 15) is 4.79 Å². The summed E-state index contributed by atoms with van der Waals surface area (Å²) in [5.74, 6) is -0.438. The van der Waals surface area contributed by atoms with Crippen molar-refractivity contribution >= 4 is 18.6 Å². The molecule has 3 nitrogen and oxygen atoms in total. The van der Waals surface area contributed by atoms with Crippen LogP contribution in [-0.2, 0) is 4.79 Å². The molecule has 0 aromatic carbocycles. The highest BCUT2D eigenvalue weighted by Gasteiger charge is 2.08. The Morgan fingerprint density at radius 1 is 1.88 bits per heavy atom. The number of carboxylic acids is 1. The fraction of sp³-hybridized carbons (Fsp3) is 0.750. The van der Waals surface area contributed by atoms with Crippen molar-refractivity contribution in [2.45, 2.75) is 12.5 Å². The Morgan fingerprint density at radius 3 is 2.50 bits per heavy atom. The molecule has 48 valence electrons. The van der Waals surface area contributed by atoms with Gasteiger partial charge >= 0.3 is 5.97 Å². The van der Waals surface area contributed by atoms with E-state index in [1.165, 1.54) is 0 Å². The van der Waals surface area contributed by atoms with Crippen molar-refractivity contribution in [3.05, 3.63) is 0 Å². The van der Waals surface area contributed by atoms with Crippen LogP contribution < -0.4 is 5.73 Å². The Labute approximate surface area is 53.3 Å². The molecule has 0 aromatic rings. The monoisotopic (exact) mass is 138 g/mol. The standard InChI is InChI=1S/C4H9NO2S/c5-3(1-2-8)4(6)7/h3,8H,1-2,5H2,(H,6,7)/t3-/m1/s1/i8+3. The van der Waals surface area contributed by atoms with E-state index in [-0.39, 0.29) is 0 Å². The quantitative estimate of drug-likeness (QED) is 0.470. The average Bonchev–Trinajstić information content (AvgIpc) is 1.67. The number of thiol groups is 1. The summed E-state index contributed by atoms with van der Waals surface area (Å²) in [6.45, 7) is 0. The predicted octanol–water partition coefficient (Wildman–Crippen LogP) is -0.282. The van der Waals surface area contributed by atoms with Crippen LogP contribution in [-0.4, -0.2) is 22.9 Å². The van der Waals surface area contributed by atoms with Gasteiger partial charge in [-0.05, 0) is 12.2 Å². The van der Waals surface area contributed by atoms with Crippen molar-refractivity contribution in [1.29, 1.82) is 0 Å². The fourth-order valence-electron chi connectivity index (χ4n) is 0.263. The van der Waals surface area contributed by atoms with Crippen LogP contribution in [0.4, 0.5) is 0 Å². The molecule has 1 atom stereocenters. The number of carbonyl (C=O) groups is 1. The Morgan fingerprint density at radius 2 is 2.38 bits per heavy atom. The first-order chi connectivity index (χ1) is 3.68. The number of aliphatic carboxylic acids is 1. The number of hydrogen-bond acceptors (Lipinski definition) is 3. The zero-order valence-corrected chi connectivity index (χ0v) is 5.27. The van der Waals surface area contributed by atoms with Gasteiger partial charge in [-0.15, -0.1) is 0 Å². The first-order valence-electron chi connectivity index (χ1n) is 2.27. The summed E-state index contributed by atoms with van der Waals surface area (Å²) in [4.78, 5) is 9.93. The van der Waals surface area contributed by atoms with E-state index < -0.39 is 12.0 Å². The first-order valence-corrected chi connectivity index (χ1v) is 2.91. The van der Waals surface area contributed by atoms with Crippen molar-refractivity contribution in [3.63, 3.8) is 0 Å². The average molecular weight is 138 g/mol. The molecule has 0 aliphatic rings. The van der Waals surface area contributed by atoms with Gasteiger partial charge in [-0.1, -0.05) is 0 Å². The Kier molecular flexibility index (Phi) is 3.64. The molecule has 0 amide bonds. The Hall–Kier alpha value is -0.220. The summed E-state index contributed by atoms with van der Waals surface area (Å²) in [5.41, 5.74) is 5.08. The minimum atomic E-state index is -0.959. The van der Waals surface area contributed by atoms with E-state index >= 15 is 0 Å². The van der Waals surface area contributed by atoms with E-state index in [4.69, 9.17) is 10.8 Å². The molecule has 0 spiro atoms. The van der Waals surface area contributed by atoms with Gasteiger partial charge in [-0.2, -0.15) is 12.6 Å². The van der Waals surface area contributed by atoms with E-state index in [2.05, 4.69) is 12.6 Å². The molecule has 8 heavy (non-hydrogen) atoms. The lowest BCUT2D eigenvalue weighted by molar-refractivity contribution is -0.138. The minimum absolute atomic E-state index is 0.429. The molecule has 0 unspecified atom stereocenters. The third kappa shape index (κ3) is 2.87. The van der Waals surface area contributed by atoms with Crippen LogP contribution in [0.3, 0.4) is 0 Å². The molecule has 0 saturated carbocycles. The Balaban J connectivity index is 3.32. The molecule has 0 saturated heterocycles. The predicted molar refractivity (Wildman–Crippen MR) is 34.1 cm³/mol. The topological polar surface area (TPSA) is 63.3 Å². The maximum atomic E-state index is 9.93. The summed E-state index contributed by atoms with van der Waals surface area (Å²) in [5, 5.41) is 8.15. The van der Waals surface area contributed by atoms with Crippen LogP contribution in [0.5, 0.6) is 0 Å². The van der Waals surface area contributed by atoms with Crippen molar-refractivity contribution in [3.8, 4) is 0 Å². The lowest BCUT2D eigenvalue weighted by Crippen LogP contribution is -2.30. The van der Waals surface area contributed by atoms with Gasteiger partial charge < -0.3 is 10.8 Å². The van der Waals surface area contributed by atoms with E-state index in [0.717, 1.165) is 0 Å². The van der Waals surface area contributed by atoms with Crippen LogP contribution in [0, 0.1) is 0 Å². The Bertz CT molecular complexity index is 86.1. The molecular formula is C4H9NO2S. The van der Waals surface area contributed by atoms with Gasteiger partial charge in [0.2, 0.25) is 0 Å². The van der Waals surface area contributed by atoms with Gasteiger partial charge in [0.15, 0.2) is 0 Å². The van der Waals surface area contributed by atoms with Crippen LogP contribution in [0.15, 0.2) is 0 Å². The molecule has 3 N–H and O–H groups in total. The van der Waals surface area contributed by atoms with Gasteiger partial charge in [0.25, 0.3) is 0 Å². The summed E-state index contributed by atoms with van der Waals surface area (Å²) >= 11 is 3.81. The van der Waals surface area contributed by atoms with Crippen LogP contribution in [0.25, 0.3) is 0 Å². The summed E-state index contributed by atoms with van der Waals surface area (Å²) in [6, 6.07) is -0.743. The molecular weight excluding hydrogens is 129 g/mol. The number of carboxylic acid groups (broad SMARTS) is 1. The van der Waals surface area contributed by atoms with Crippen molar-refractivity contribution in [2.24, 2.45) is 5.73 Å². The second-order valence-electron chi connectivity index (χ2n) is 1.46. The molecule has 0 aliphatic heterocycles. The van der Waals surface area contributed by atoms with E-state index in [1.807, 2.05) is 0 Å². The van der Waals surface area contributed by atoms with Crippen molar-refractivity contribution in [1.82, 2.24) is 0 Å².